The third-order valence-electron chi connectivity index (χ3n) is 2.11. The largest absolute Gasteiger partial charge is 0.287 e. The summed E-state index contributed by atoms with van der Waals surface area (Å²) in [5.74, 6) is -0.251. The van der Waals surface area contributed by atoms with Crippen LogP contribution < -0.4 is 0 Å². The van der Waals surface area contributed by atoms with Gasteiger partial charge in [0.15, 0.2) is 5.69 Å². The smallest absolute Gasteiger partial charge is 0.212 e. The molecule has 0 unspecified atom stereocenters. The maximum Gasteiger partial charge on any atom is 0.212 e. The van der Waals surface area contributed by atoms with Gasteiger partial charge >= 0.3 is 0 Å². The SMILES string of the molecule is N#Cc1cnc(C(=O)c2ccc(Cl)cc2)cn1. The number of benzene rings is 1. The Bertz CT molecular complexity index is 585. The zero-order chi connectivity index (χ0) is 12.3. The van der Waals surface area contributed by atoms with Gasteiger partial charge in [-0.15, -0.1) is 0 Å². The lowest BCUT2D eigenvalue weighted by Gasteiger charge is -1.99. The molecular formula is C12H6ClN3O. The van der Waals surface area contributed by atoms with Crippen LogP contribution in [0.25, 0.3) is 0 Å². The van der Waals surface area contributed by atoms with Crippen LogP contribution in [0.2, 0.25) is 5.02 Å². The molecule has 0 spiro atoms. The van der Waals surface area contributed by atoms with Crippen molar-refractivity contribution in [2.45, 2.75) is 0 Å². The highest BCUT2D eigenvalue weighted by molar-refractivity contribution is 6.30. The lowest BCUT2D eigenvalue weighted by atomic mass is 10.1. The second kappa shape index (κ2) is 4.73. The van der Waals surface area contributed by atoms with Crippen molar-refractivity contribution in [3.8, 4) is 6.07 Å². The van der Waals surface area contributed by atoms with Crippen LogP contribution >= 0.6 is 11.6 Å². The van der Waals surface area contributed by atoms with Crippen molar-refractivity contribution in [3.05, 3.63) is 58.6 Å². The highest BCUT2D eigenvalue weighted by Gasteiger charge is 2.10. The zero-order valence-corrected chi connectivity index (χ0v) is 9.35. The van der Waals surface area contributed by atoms with Gasteiger partial charge in [0.25, 0.3) is 0 Å². The predicted octanol–water partition coefficient (Wildman–Crippen LogP) is 2.23. The molecule has 5 heteroatoms. The van der Waals surface area contributed by atoms with Gasteiger partial charge in [-0.3, -0.25) is 4.79 Å². The Morgan fingerprint density at radius 3 is 2.41 bits per heavy atom. The summed E-state index contributed by atoms with van der Waals surface area (Å²) in [5, 5.41) is 9.13. The van der Waals surface area contributed by atoms with Crippen molar-refractivity contribution in [1.29, 1.82) is 5.26 Å². The van der Waals surface area contributed by atoms with E-state index >= 15 is 0 Å². The second-order valence-corrected chi connectivity index (χ2v) is 3.67. The van der Waals surface area contributed by atoms with Crippen LogP contribution in [-0.4, -0.2) is 15.8 Å². The minimum atomic E-state index is -0.251. The molecule has 0 saturated carbocycles. The summed E-state index contributed by atoms with van der Waals surface area (Å²) in [6.07, 6.45) is 2.55. The maximum absolute atomic E-state index is 11.9. The first-order valence-corrected chi connectivity index (χ1v) is 5.11. The molecule has 0 aliphatic heterocycles. The molecule has 2 aromatic rings. The van der Waals surface area contributed by atoms with Gasteiger partial charge in [0, 0.05) is 10.6 Å². The van der Waals surface area contributed by atoms with Crippen LogP contribution in [-0.2, 0) is 0 Å². The van der Waals surface area contributed by atoms with Crippen molar-refractivity contribution in [1.82, 2.24) is 9.97 Å². The molecule has 2 rings (SSSR count). The summed E-state index contributed by atoms with van der Waals surface area (Å²) in [6.45, 7) is 0. The van der Waals surface area contributed by atoms with Gasteiger partial charge in [-0.1, -0.05) is 11.6 Å². The van der Waals surface area contributed by atoms with Gasteiger partial charge in [0.05, 0.1) is 12.4 Å². The number of nitrogens with zero attached hydrogens (tertiary/aromatic N) is 3. The van der Waals surface area contributed by atoms with E-state index in [1.807, 2.05) is 6.07 Å². The van der Waals surface area contributed by atoms with Crippen molar-refractivity contribution in [2.24, 2.45) is 0 Å². The van der Waals surface area contributed by atoms with Crippen LogP contribution in [0.5, 0.6) is 0 Å². The van der Waals surface area contributed by atoms with Crippen LogP contribution in [0, 0.1) is 11.3 Å². The molecule has 0 fully saturated rings. The Balaban J connectivity index is 2.31. The highest BCUT2D eigenvalue weighted by Crippen LogP contribution is 2.12. The van der Waals surface area contributed by atoms with Crippen LogP contribution in [0.4, 0.5) is 0 Å². The Morgan fingerprint density at radius 2 is 1.88 bits per heavy atom. The maximum atomic E-state index is 11.9. The van der Waals surface area contributed by atoms with E-state index in [1.165, 1.54) is 12.4 Å². The first kappa shape index (κ1) is 11.2. The molecule has 0 radical (unpaired) electrons. The molecule has 82 valence electrons. The van der Waals surface area contributed by atoms with Crippen LogP contribution in [0.3, 0.4) is 0 Å². The van der Waals surface area contributed by atoms with Gasteiger partial charge < -0.3 is 0 Å². The average molecular weight is 244 g/mol. The number of halogens is 1. The average Bonchev–Trinajstić information content (AvgIpc) is 2.39. The molecule has 0 atom stereocenters. The fourth-order valence-electron chi connectivity index (χ4n) is 1.25. The molecule has 0 saturated heterocycles. The molecular weight excluding hydrogens is 238 g/mol. The summed E-state index contributed by atoms with van der Waals surface area (Å²) in [4.78, 5) is 19.6. The summed E-state index contributed by atoms with van der Waals surface area (Å²) in [7, 11) is 0. The van der Waals surface area contributed by atoms with E-state index in [0.29, 0.717) is 10.6 Å². The van der Waals surface area contributed by atoms with Gasteiger partial charge in [0.2, 0.25) is 5.78 Å². The quantitative estimate of drug-likeness (QED) is 0.759. The zero-order valence-electron chi connectivity index (χ0n) is 8.59. The molecule has 0 bridgehead atoms. The number of rotatable bonds is 2. The summed E-state index contributed by atoms with van der Waals surface area (Å²) >= 11 is 5.73. The molecule has 1 aromatic carbocycles. The number of carbonyl (C=O) groups excluding carboxylic acids is 1. The minimum Gasteiger partial charge on any atom is -0.287 e. The van der Waals surface area contributed by atoms with Crippen LogP contribution in [0.15, 0.2) is 36.7 Å². The summed E-state index contributed by atoms with van der Waals surface area (Å²) < 4.78 is 0. The van der Waals surface area contributed by atoms with Crippen molar-refractivity contribution < 1.29 is 4.79 Å². The Morgan fingerprint density at radius 1 is 1.18 bits per heavy atom. The molecule has 4 nitrogen and oxygen atoms in total. The number of nitriles is 1. The monoisotopic (exact) mass is 243 g/mol. The van der Waals surface area contributed by atoms with Crippen LogP contribution in [0.1, 0.15) is 21.7 Å². The third kappa shape index (κ3) is 2.47. The molecule has 1 aromatic heterocycles. The van der Waals surface area contributed by atoms with E-state index < -0.39 is 0 Å². The fraction of sp³-hybridized carbons (Fsp3) is 0. The van der Waals surface area contributed by atoms with Gasteiger partial charge in [-0.05, 0) is 24.3 Å². The number of hydrogen-bond acceptors (Lipinski definition) is 4. The molecule has 0 aliphatic carbocycles. The van der Waals surface area contributed by atoms with E-state index in [0.717, 1.165) is 0 Å². The topological polar surface area (TPSA) is 66.6 Å². The summed E-state index contributed by atoms with van der Waals surface area (Å²) in [5.41, 5.74) is 0.859. The molecule has 0 aliphatic rings. The van der Waals surface area contributed by atoms with Gasteiger partial charge in [0.1, 0.15) is 11.8 Å². The predicted molar refractivity (Wildman–Crippen MR) is 61.6 cm³/mol. The van der Waals surface area contributed by atoms with E-state index in [1.54, 1.807) is 24.3 Å². The van der Waals surface area contributed by atoms with E-state index in [2.05, 4.69) is 9.97 Å². The lowest BCUT2D eigenvalue weighted by molar-refractivity contribution is 0.103. The van der Waals surface area contributed by atoms with E-state index in [4.69, 9.17) is 16.9 Å². The summed E-state index contributed by atoms with van der Waals surface area (Å²) in [6, 6.07) is 8.33. The standard InChI is InChI=1S/C12H6ClN3O/c13-9-3-1-8(2-4-9)12(17)11-7-15-10(5-14)6-16-11/h1-4,6-7H. The van der Waals surface area contributed by atoms with Gasteiger partial charge in [-0.2, -0.15) is 5.26 Å². The lowest BCUT2D eigenvalue weighted by Crippen LogP contribution is -2.04. The van der Waals surface area contributed by atoms with Crippen molar-refractivity contribution >= 4 is 17.4 Å². The highest BCUT2D eigenvalue weighted by atomic mass is 35.5. The van der Waals surface area contributed by atoms with E-state index in [9.17, 15) is 4.79 Å². The molecule has 0 amide bonds. The third-order valence-corrected chi connectivity index (χ3v) is 2.36. The fourth-order valence-corrected chi connectivity index (χ4v) is 1.38. The normalized spacial score (nSPS) is 9.65. The first-order chi connectivity index (χ1) is 8.20. The van der Waals surface area contributed by atoms with Crippen molar-refractivity contribution in [3.63, 3.8) is 0 Å². The first-order valence-electron chi connectivity index (χ1n) is 4.73. The number of carbonyl (C=O) groups is 1. The van der Waals surface area contributed by atoms with Gasteiger partial charge in [-0.25, -0.2) is 9.97 Å². The van der Waals surface area contributed by atoms with Crippen molar-refractivity contribution in [2.75, 3.05) is 0 Å². The Labute approximate surface area is 103 Å². The molecule has 17 heavy (non-hydrogen) atoms. The number of hydrogen-bond donors (Lipinski definition) is 0. The Hall–Kier alpha value is -2.25. The number of ketones is 1. The van der Waals surface area contributed by atoms with E-state index in [-0.39, 0.29) is 17.2 Å². The molecule has 0 N–H and O–H groups in total. The second-order valence-electron chi connectivity index (χ2n) is 3.23. The Kier molecular flexibility index (Phi) is 3.12. The molecule has 1 heterocycles. The minimum absolute atomic E-state index is 0.178. The number of aromatic nitrogens is 2.